The average molecular weight is 353 g/mol. The molecule has 122 valence electrons. The van der Waals surface area contributed by atoms with Crippen molar-refractivity contribution in [2.45, 2.75) is 36.9 Å². The molecule has 8 heteroatoms. The van der Waals surface area contributed by atoms with Crippen LogP contribution in [0.25, 0.3) is 0 Å². The zero-order valence-electron chi connectivity index (χ0n) is 12.7. The number of thioether (sulfide) groups is 1. The molecule has 2 aromatic rings. The van der Waals surface area contributed by atoms with Gasteiger partial charge in [-0.1, -0.05) is 36.2 Å². The monoisotopic (exact) mass is 352 g/mol. The van der Waals surface area contributed by atoms with Crippen molar-refractivity contribution in [3.05, 3.63) is 28.8 Å². The number of hydrogen-bond acceptors (Lipinski definition) is 6. The summed E-state index contributed by atoms with van der Waals surface area (Å²) in [5.74, 6) is 0.703. The molecular formula is C15H17ClN4O2S. The van der Waals surface area contributed by atoms with Gasteiger partial charge in [-0.3, -0.25) is 4.79 Å². The summed E-state index contributed by atoms with van der Waals surface area (Å²) < 4.78 is 7.08. The minimum Gasteiger partial charge on any atom is -0.496 e. The summed E-state index contributed by atoms with van der Waals surface area (Å²) in [6.45, 7) is 0. The molecular weight excluding hydrogens is 336 g/mol. The van der Waals surface area contributed by atoms with Crippen molar-refractivity contribution in [2.24, 2.45) is 0 Å². The number of hydrogen-bond donors (Lipinski definition) is 0. The topological polar surface area (TPSA) is 69.9 Å². The average Bonchev–Trinajstić information content (AvgIpc) is 3.23. The maximum atomic E-state index is 12.5. The zero-order valence-corrected chi connectivity index (χ0v) is 14.3. The van der Waals surface area contributed by atoms with Crippen LogP contribution in [0.5, 0.6) is 5.75 Å². The Bertz CT molecular complexity index is 701. The number of aromatic nitrogens is 4. The molecule has 1 aliphatic rings. The maximum Gasteiger partial charge on any atom is 0.210 e. The summed E-state index contributed by atoms with van der Waals surface area (Å²) >= 11 is 7.33. The highest BCUT2D eigenvalue weighted by Gasteiger charge is 2.22. The highest BCUT2D eigenvalue weighted by molar-refractivity contribution is 7.99. The predicted molar refractivity (Wildman–Crippen MR) is 88.4 cm³/mol. The van der Waals surface area contributed by atoms with Crippen molar-refractivity contribution in [1.82, 2.24) is 20.2 Å². The van der Waals surface area contributed by atoms with Crippen LogP contribution < -0.4 is 4.74 Å². The number of methoxy groups -OCH3 is 1. The third-order valence-corrected chi connectivity index (χ3v) is 5.10. The third kappa shape index (κ3) is 3.67. The Morgan fingerprint density at radius 1 is 1.43 bits per heavy atom. The maximum absolute atomic E-state index is 12.5. The normalized spacial score (nSPS) is 15.0. The van der Waals surface area contributed by atoms with Crippen molar-refractivity contribution in [3.63, 3.8) is 0 Å². The minimum atomic E-state index is -0.0599. The first kappa shape index (κ1) is 16.3. The SMILES string of the molecule is COc1ccc(Cl)cc1C(=O)CSc1nnnn1C1CCCC1. The van der Waals surface area contributed by atoms with Gasteiger partial charge in [0.1, 0.15) is 5.75 Å². The van der Waals surface area contributed by atoms with Crippen LogP contribution in [0, 0.1) is 0 Å². The second kappa shape index (κ2) is 7.31. The fourth-order valence-electron chi connectivity index (χ4n) is 2.76. The molecule has 0 N–H and O–H groups in total. The molecule has 1 aromatic carbocycles. The number of carbonyl (C=O) groups is 1. The van der Waals surface area contributed by atoms with E-state index in [1.165, 1.54) is 31.7 Å². The highest BCUT2D eigenvalue weighted by atomic mass is 35.5. The van der Waals surface area contributed by atoms with Crippen molar-refractivity contribution < 1.29 is 9.53 Å². The van der Waals surface area contributed by atoms with Gasteiger partial charge in [0.25, 0.3) is 0 Å². The van der Waals surface area contributed by atoms with Gasteiger partial charge in [0.2, 0.25) is 5.16 Å². The number of Topliss-reactive ketones (excluding diaryl/α,β-unsaturated/α-hetero) is 1. The first-order valence-corrected chi connectivity index (χ1v) is 8.83. The molecule has 0 spiro atoms. The van der Waals surface area contributed by atoms with Crippen molar-refractivity contribution in [2.75, 3.05) is 12.9 Å². The number of nitrogens with zero attached hydrogens (tertiary/aromatic N) is 4. The molecule has 1 aromatic heterocycles. The molecule has 23 heavy (non-hydrogen) atoms. The lowest BCUT2D eigenvalue weighted by molar-refractivity contribution is 0.101. The van der Waals surface area contributed by atoms with E-state index in [4.69, 9.17) is 16.3 Å². The van der Waals surface area contributed by atoms with E-state index in [9.17, 15) is 4.79 Å². The van der Waals surface area contributed by atoms with E-state index in [1.807, 2.05) is 4.68 Å². The fourth-order valence-corrected chi connectivity index (χ4v) is 3.76. The number of tetrazole rings is 1. The van der Waals surface area contributed by atoms with Crippen molar-refractivity contribution in [3.8, 4) is 5.75 Å². The van der Waals surface area contributed by atoms with E-state index >= 15 is 0 Å². The molecule has 0 atom stereocenters. The Morgan fingerprint density at radius 2 is 2.22 bits per heavy atom. The van der Waals surface area contributed by atoms with Gasteiger partial charge in [-0.2, -0.15) is 0 Å². The minimum absolute atomic E-state index is 0.0599. The number of carbonyl (C=O) groups excluding carboxylic acids is 1. The summed E-state index contributed by atoms with van der Waals surface area (Å²) in [6.07, 6.45) is 4.59. The third-order valence-electron chi connectivity index (χ3n) is 3.93. The molecule has 1 fully saturated rings. The molecule has 1 aliphatic carbocycles. The van der Waals surface area contributed by atoms with Crippen molar-refractivity contribution >= 4 is 29.1 Å². The van der Waals surface area contributed by atoms with E-state index in [0.717, 1.165) is 12.8 Å². The van der Waals surface area contributed by atoms with Gasteiger partial charge in [0.05, 0.1) is 24.5 Å². The molecule has 0 radical (unpaired) electrons. The first-order valence-electron chi connectivity index (χ1n) is 7.46. The summed E-state index contributed by atoms with van der Waals surface area (Å²) in [4.78, 5) is 12.5. The van der Waals surface area contributed by atoms with Crippen LogP contribution in [0.15, 0.2) is 23.4 Å². The predicted octanol–water partition coefficient (Wildman–Crippen LogP) is 3.43. The van der Waals surface area contributed by atoms with Crippen LogP contribution in [0.1, 0.15) is 42.1 Å². The van der Waals surface area contributed by atoms with Crippen LogP contribution in [0.4, 0.5) is 0 Å². The van der Waals surface area contributed by atoms with Crippen LogP contribution in [0.2, 0.25) is 5.02 Å². The summed E-state index contributed by atoms with van der Waals surface area (Å²) in [5.41, 5.74) is 0.479. The lowest BCUT2D eigenvalue weighted by Crippen LogP contribution is -2.10. The van der Waals surface area contributed by atoms with E-state index in [0.29, 0.717) is 27.5 Å². The second-order valence-electron chi connectivity index (χ2n) is 5.40. The summed E-state index contributed by atoms with van der Waals surface area (Å²) in [7, 11) is 1.54. The van der Waals surface area contributed by atoms with Gasteiger partial charge in [0, 0.05) is 5.02 Å². The Balaban J connectivity index is 1.70. The number of ether oxygens (including phenoxy) is 1. The molecule has 3 rings (SSSR count). The van der Waals surface area contributed by atoms with E-state index in [2.05, 4.69) is 15.5 Å². The van der Waals surface area contributed by atoms with Gasteiger partial charge in [-0.05, 0) is 41.5 Å². The van der Waals surface area contributed by atoms with Gasteiger partial charge in [-0.25, -0.2) is 4.68 Å². The van der Waals surface area contributed by atoms with Crippen LogP contribution >= 0.6 is 23.4 Å². The molecule has 1 heterocycles. The number of halogens is 1. The number of benzene rings is 1. The highest BCUT2D eigenvalue weighted by Crippen LogP contribution is 2.32. The lowest BCUT2D eigenvalue weighted by atomic mass is 10.1. The first-order chi connectivity index (χ1) is 11.2. The van der Waals surface area contributed by atoms with E-state index < -0.39 is 0 Å². The molecule has 0 unspecified atom stereocenters. The molecule has 6 nitrogen and oxygen atoms in total. The molecule has 0 bridgehead atoms. The van der Waals surface area contributed by atoms with Crippen LogP contribution in [-0.2, 0) is 0 Å². The number of ketones is 1. The fraction of sp³-hybridized carbons (Fsp3) is 0.467. The lowest BCUT2D eigenvalue weighted by Gasteiger charge is -2.11. The molecule has 1 saturated carbocycles. The Hall–Kier alpha value is -1.60. The van der Waals surface area contributed by atoms with Gasteiger partial charge in [-0.15, -0.1) is 5.10 Å². The smallest absolute Gasteiger partial charge is 0.210 e. The van der Waals surface area contributed by atoms with E-state index in [-0.39, 0.29) is 11.5 Å². The van der Waals surface area contributed by atoms with Crippen molar-refractivity contribution in [1.29, 1.82) is 0 Å². The summed E-state index contributed by atoms with van der Waals surface area (Å²) in [5, 5.41) is 13.1. The van der Waals surface area contributed by atoms with Crippen LogP contribution in [-0.4, -0.2) is 38.9 Å². The van der Waals surface area contributed by atoms with Gasteiger partial charge in [0.15, 0.2) is 5.78 Å². The standard InChI is InChI=1S/C15H17ClN4O2S/c1-22-14-7-6-10(16)8-12(14)13(21)9-23-15-17-18-19-20(15)11-4-2-3-5-11/h6-8,11H,2-5,9H2,1H3. The van der Waals surface area contributed by atoms with Gasteiger partial charge >= 0.3 is 0 Å². The summed E-state index contributed by atoms with van der Waals surface area (Å²) in [6, 6.07) is 5.38. The Morgan fingerprint density at radius 3 is 2.96 bits per heavy atom. The molecule has 0 aliphatic heterocycles. The molecule has 0 saturated heterocycles. The number of rotatable bonds is 6. The van der Waals surface area contributed by atoms with Gasteiger partial charge < -0.3 is 4.74 Å². The van der Waals surface area contributed by atoms with Crippen LogP contribution in [0.3, 0.4) is 0 Å². The zero-order chi connectivity index (χ0) is 16.2. The molecule has 0 amide bonds. The van der Waals surface area contributed by atoms with E-state index in [1.54, 1.807) is 18.2 Å². The Kier molecular flexibility index (Phi) is 5.17. The Labute approximate surface area is 143 Å². The largest absolute Gasteiger partial charge is 0.496 e. The second-order valence-corrected chi connectivity index (χ2v) is 6.78. The quantitative estimate of drug-likeness (QED) is 0.586.